The molecule has 1 aromatic carbocycles. The minimum atomic E-state index is 0. The van der Waals surface area contributed by atoms with Crippen molar-refractivity contribution in [1.29, 1.82) is 0 Å². The molecule has 1 rings (SSSR count). The number of aromatic hydroxyl groups is 1. The topological polar surface area (TPSA) is 37.3 Å². The molecule has 0 saturated carbocycles. The molecule has 0 spiro atoms. The summed E-state index contributed by atoms with van der Waals surface area (Å²) in [5, 5.41) is 8.89. The zero-order valence-corrected chi connectivity index (χ0v) is 8.90. The van der Waals surface area contributed by atoms with Gasteiger partial charge in [-0.05, 0) is 23.8 Å². The predicted octanol–water partition coefficient (Wildman–Crippen LogP) is -1.28. The van der Waals surface area contributed by atoms with Gasteiger partial charge < -0.3 is 6.53 Å². The van der Waals surface area contributed by atoms with Crippen LogP contribution in [0, 0.1) is 0 Å². The molecule has 0 radical (unpaired) electrons. The number of carbonyl (C=O) groups is 1. The van der Waals surface area contributed by atoms with Crippen molar-refractivity contribution in [3.63, 3.8) is 0 Å². The Kier molecular flexibility index (Phi) is 5.72. The molecule has 2 nitrogen and oxygen atoms in total. The molecule has 0 unspecified atom stereocenters. The molecule has 0 atom stereocenters. The number of hydrogen-bond acceptors (Lipinski definition) is 2. The molecular formula is C9H9NaO2. The van der Waals surface area contributed by atoms with E-state index in [1.54, 1.807) is 30.3 Å². The molecule has 1 aromatic rings. The molecule has 0 aromatic heterocycles. The third-order valence-electron chi connectivity index (χ3n) is 1.26. The molecule has 0 bridgehead atoms. The SMILES string of the molecule is O=CC=Cc1ccc(O)cc1.[H-].[Na+]. The summed E-state index contributed by atoms with van der Waals surface area (Å²) in [6.07, 6.45) is 3.80. The van der Waals surface area contributed by atoms with Crippen LogP contribution in [0.4, 0.5) is 0 Å². The number of rotatable bonds is 2. The summed E-state index contributed by atoms with van der Waals surface area (Å²) >= 11 is 0. The van der Waals surface area contributed by atoms with Gasteiger partial charge in [0.05, 0.1) is 0 Å². The summed E-state index contributed by atoms with van der Waals surface area (Å²) in [5.41, 5.74) is 0.898. The largest absolute Gasteiger partial charge is 1.00 e. The van der Waals surface area contributed by atoms with E-state index in [1.165, 1.54) is 6.08 Å². The maximum atomic E-state index is 9.91. The van der Waals surface area contributed by atoms with Gasteiger partial charge in [-0.25, -0.2) is 0 Å². The molecule has 0 aliphatic heterocycles. The van der Waals surface area contributed by atoms with Gasteiger partial charge in [0.15, 0.2) is 0 Å². The van der Waals surface area contributed by atoms with E-state index in [0.717, 1.165) is 5.56 Å². The van der Waals surface area contributed by atoms with Gasteiger partial charge >= 0.3 is 29.6 Å². The Balaban J connectivity index is 0. The van der Waals surface area contributed by atoms with E-state index >= 15 is 0 Å². The van der Waals surface area contributed by atoms with Crippen molar-refractivity contribution in [2.24, 2.45) is 0 Å². The summed E-state index contributed by atoms with van der Waals surface area (Å²) in [5.74, 6) is 0.230. The second-order valence-corrected chi connectivity index (χ2v) is 2.09. The normalized spacial score (nSPS) is 9.33. The number of carbonyl (C=O) groups excluding carboxylic acids is 1. The standard InChI is InChI=1S/C9H8O2.Na.H/c10-7-1-2-8-3-5-9(11)6-4-8;;/h1-7,11H;;/q;+1;-1. The molecule has 0 amide bonds. The zero-order chi connectivity index (χ0) is 8.10. The average Bonchev–Trinajstić information content (AvgIpc) is 2.04. The first-order valence-corrected chi connectivity index (χ1v) is 3.24. The third-order valence-corrected chi connectivity index (χ3v) is 1.26. The van der Waals surface area contributed by atoms with Gasteiger partial charge in [-0.2, -0.15) is 0 Å². The van der Waals surface area contributed by atoms with Gasteiger partial charge in [-0.3, -0.25) is 4.79 Å². The van der Waals surface area contributed by atoms with Crippen LogP contribution in [-0.4, -0.2) is 11.4 Å². The van der Waals surface area contributed by atoms with Gasteiger partial charge in [0.1, 0.15) is 12.0 Å². The summed E-state index contributed by atoms with van der Waals surface area (Å²) in [4.78, 5) is 9.91. The number of phenolic OH excluding ortho intramolecular Hbond substituents is 1. The van der Waals surface area contributed by atoms with Crippen molar-refractivity contribution in [3.05, 3.63) is 35.9 Å². The van der Waals surface area contributed by atoms with Crippen LogP contribution in [0.25, 0.3) is 6.08 Å². The molecule has 0 heterocycles. The summed E-state index contributed by atoms with van der Waals surface area (Å²) in [7, 11) is 0. The second-order valence-electron chi connectivity index (χ2n) is 2.09. The predicted molar refractivity (Wildman–Crippen MR) is 44.3 cm³/mol. The van der Waals surface area contributed by atoms with Gasteiger partial charge in [0.2, 0.25) is 0 Å². The molecule has 12 heavy (non-hydrogen) atoms. The Morgan fingerprint density at radius 2 is 1.83 bits per heavy atom. The first-order valence-electron chi connectivity index (χ1n) is 3.24. The summed E-state index contributed by atoms with van der Waals surface area (Å²) < 4.78 is 0. The van der Waals surface area contributed by atoms with E-state index < -0.39 is 0 Å². The first kappa shape index (κ1) is 11.4. The van der Waals surface area contributed by atoms with Crippen LogP contribution in [0.15, 0.2) is 30.3 Å². The van der Waals surface area contributed by atoms with Gasteiger partial charge in [0, 0.05) is 0 Å². The summed E-state index contributed by atoms with van der Waals surface area (Å²) in [6, 6.07) is 6.61. The van der Waals surface area contributed by atoms with Gasteiger partial charge in [0.25, 0.3) is 0 Å². The fourth-order valence-electron chi connectivity index (χ4n) is 0.736. The Labute approximate surface area is 94.7 Å². The zero-order valence-electron chi connectivity index (χ0n) is 7.90. The van der Waals surface area contributed by atoms with Crippen molar-refractivity contribution >= 4 is 12.4 Å². The van der Waals surface area contributed by atoms with Crippen LogP contribution in [0.1, 0.15) is 6.99 Å². The Bertz CT molecular complexity index is 269. The quantitative estimate of drug-likeness (QED) is 0.343. The molecule has 1 N–H and O–H groups in total. The molecule has 3 heteroatoms. The van der Waals surface area contributed by atoms with E-state index in [1.807, 2.05) is 0 Å². The Hall–Kier alpha value is -0.570. The smallest absolute Gasteiger partial charge is 1.00 e. The van der Waals surface area contributed by atoms with E-state index in [9.17, 15) is 4.79 Å². The van der Waals surface area contributed by atoms with Crippen molar-refractivity contribution < 1.29 is 40.9 Å². The molecule has 0 saturated heterocycles. The van der Waals surface area contributed by atoms with E-state index in [-0.39, 0.29) is 36.7 Å². The van der Waals surface area contributed by atoms with Crippen LogP contribution in [-0.2, 0) is 4.79 Å². The Morgan fingerprint density at radius 3 is 2.33 bits per heavy atom. The van der Waals surface area contributed by atoms with Crippen LogP contribution >= 0.6 is 0 Å². The van der Waals surface area contributed by atoms with E-state index in [2.05, 4.69) is 0 Å². The number of benzene rings is 1. The fourth-order valence-corrected chi connectivity index (χ4v) is 0.736. The molecule has 0 aliphatic carbocycles. The molecule has 0 aliphatic rings. The second kappa shape index (κ2) is 6.00. The number of allylic oxidation sites excluding steroid dienone is 1. The van der Waals surface area contributed by atoms with Crippen molar-refractivity contribution in [2.75, 3.05) is 0 Å². The molecular weight excluding hydrogens is 163 g/mol. The van der Waals surface area contributed by atoms with Crippen LogP contribution in [0.5, 0.6) is 5.75 Å². The fraction of sp³-hybridized carbons (Fsp3) is 0. The van der Waals surface area contributed by atoms with Gasteiger partial charge in [-0.15, -0.1) is 0 Å². The maximum absolute atomic E-state index is 9.91. The average molecular weight is 172 g/mol. The monoisotopic (exact) mass is 172 g/mol. The Morgan fingerprint density at radius 1 is 1.25 bits per heavy atom. The van der Waals surface area contributed by atoms with Crippen molar-refractivity contribution in [2.45, 2.75) is 0 Å². The number of phenols is 1. The van der Waals surface area contributed by atoms with Crippen molar-refractivity contribution in [3.8, 4) is 5.75 Å². The number of hydrogen-bond donors (Lipinski definition) is 1. The summed E-state index contributed by atoms with van der Waals surface area (Å²) in [6.45, 7) is 0. The van der Waals surface area contributed by atoms with Crippen LogP contribution in [0.3, 0.4) is 0 Å². The van der Waals surface area contributed by atoms with Crippen molar-refractivity contribution in [1.82, 2.24) is 0 Å². The molecule has 0 fully saturated rings. The minimum absolute atomic E-state index is 0. The molecule has 58 valence electrons. The maximum Gasteiger partial charge on any atom is 1.00 e. The number of aldehydes is 1. The first-order chi connectivity index (χ1) is 5.33. The van der Waals surface area contributed by atoms with Crippen LogP contribution < -0.4 is 29.6 Å². The van der Waals surface area contributed by atoms with Crippen LogP contribution in [0.2, 0.25) is 0 Å². The van der Waals surface area contributed by atoms with E-state index in [0.29, 0.717) is 6.29 Å². The third kappa shape index (κ3) is 3.72. The minimum Gasteiger partial charge on any atom is -1.00 e. The van der Waals surface area contributed by atoms with E-state index in [4.69, 9.17) is 5.11 Å². The van der Waals surface area contributed by atoms with Gasteiger partial charge in [-0.1, -0.05) is 18.2 Å².